The van der Waals surface area contributed by atoms with Gasteiger partial charge in [-0.25, -0.2) is 13.6 Å². The zero-order valence-corrected chi connectivity index (χ0v) is 20.2. The fourth-order valence-electron chi connectivity index (χ4n) is 3.83. The van der Waals surface area contributed by atoms with Gasteiger partial charge in [-0.1, -0.05) is 18.2 Å². The normalized spacial score (nSPS) is 15.1. The van der Waals surface area contributed by atoms with Crippen LogP contribution in [0, 0.1) is 0 Å². The van der Waals surface area contributed by atoms with E-state index in [0.29, 0.717) is 5.56 Å². The molecule has 2 aromatic carbocycles. The van der Waals surface area contributed by atoms with Crippen molar-refractivity contribution in [2.24, 2.45) is 5.14 Å². The van der Waals surface area contributed by atoms with Crippen LogP contribution < -0.4 is 14.6 Å². The van der Waals surface area contributed by atoms with Crippen molar-refractivity contribution in [3.63, 3.8) is 0 Å². The second-order valence-electron chi connectivity index (χ2n) is 6.93. The lowest BCUT2D eigenvalue weighted by Gasteiger charge is -2.30. The Morgan fingerprint density at radius 3 is 2.58 bits per heavy atom. The van der Waals surface area contributed by atoms with E-state index >= 15 is 0 Å². The van der Waals surface area contributed by atoms with Crippen molar-refractivity contribution in [2.45, 2.75) is 10.3 Å². The second-order valence-corrected chi connectivity index (χ2v) is 11.4. The number of fused-ring (bicyclic) bond motifs is 3. The highest BCUT2D eigenvalue weighted by atomic mass is 79.9. The molecule has 2 N–H and O–H groups in total. The standard InChI is InChI=1S/C22H16BrNO4S3/c1-27-17-3-2-4-18-19(17)14-6-5-12(13-7-9-30-22(13)31(24,25)26)11-15(14)20(28-18)21-16(23)8-10-29-21/h2-11,20H,1H3,(H2,24,25,26). The Bertz CT molecular complexity index is 1410. The third-order valence-electron chi connectivity index (χ3n) is 5.14. The first kappa shape index (κ1) is 20.7. The summed E-state index contributed by atoms with van der Waals surface area (Å²) >= 11 is 6.34. The van der Waals surface area contributed by atoms with E-state index in [1.165, 1.54) is 0 Å². The van der Waals surface area contributed by atoms with Gasteiger partial charge in [0.1, 0.15) is 15.7 Å². The maximum atomic E-state index is 12.1. The molecule has 158 valence electrons. The largest absolute Gasteiger partial charge is 0.496 e. The van der Waals surface area contributed by atoms with Crippen molar-refractivity contribution in [2.75, 3.05) is 7.11 Å². The number of thiophene rings is 2. The Hall–Kier alpha value is -2.17. The van der Waals surface area contributed by atoms with Gasteiger partial charge in [0, 0.05) is 15.6 Å². The topological polar surface area (TPSA) is 78.6 Å². The predicted octanol–water partition coefficient (Wildman–Crippen LogP) is 6.04. The van der Waals surface area contributed by atoms with Crippen LogP contribution >= 0.6 is 38.6 Å². The number of benzene rings is 2. The lowest BCUT2D eigenvalue weighted by molar-refractivity contribution is 0.245. The van der Waals surface area contributed by atoms with E-state index in [-0.39, 0.29) is 10.3 Å². The second kappa shape index (κ2) is 7.75. The molecule has 1 atom stereocenters. The smallest absolute Gasteiger partial charge is 0.248 e. The van der Waals surface area contributed by atoms with Gasteiger partial charge in [0.25, 0.3) is 0 Å². The lowest BCUT2D eigenvalue weighted by atomic mass is 9.89. The van der Waals surface area contributed by atoms with Crippen LogP contribution in [0.4, 0.5) is 0 Å². The molecule has 0 aliphatic carbocycles. The molecule has 1 aliphatic rings. The van der Waals surface area contributed by atoms with Crippen LogP contribution in [-0.4, -0.2) is 15.5 Å². The summed E-state index contributed by atoms with van der Waals surface area (Å²) in [5, 5.41) is 9.18. The first-order valence-corrected chi connectivity index (χ1v) is 13.3. The van der Waals surface area contributed by atoms with Crippen molar-refractivity contribution in [3.05, 3.63) is 74.2 Å². The number of nitrogens with two attached hydrogens (primary N) is 1. The molecule has 0 amide bonds. The van der Waals surface area contributed by atoms with Gasteiger partial charge in [-0.05, 0) is 68.1 Å². The van der Waals surface area contributed by atoms with Crippen molar-refractivity contribution in [1.82, 2.24) is 0 Å². The number of sulfonamides is 1. The number of hydrogen-bond acceptors (Lipinski definition) is 6. The number of hydrogen-bond donors (Lipinski definition) is 1. The third kappa shape index (κ3) is 3.50. The van der Waals surface area contributed by atoms with Crippen molar-refractivity contribution in [3.8, 4) is 33.8 Å². The minimum atomic E-state index is -3.82. The van der Waals surface area contributed by atoms with E-state index in [1.807, 2.05) is 47.8 Å². The molecule has 4 aromatic rings. The van der Waals surface area contributed by atoms with Crippen molar-refractivity contribution < 1.29 is 17.9 Å². The Kier molecular flexibility index (Phi) is 5.18. The summed E-state index contributed by atoms with van der Waals surface area (Å²) in [7, 11) is -2.19. The Balaban J connectivity index is 1.76. The van der Waals surface area contributed by atoms with Gasteiger partial charge in [0.15, 0.2) is 6.10 Å². The first-order chi connectivity index (χ1) is 14.9. The maximum Gasteiger partial charge on any atom is 0.248 e. The predicted molar refractivity (Wildman–Crippen MR) is 128 cm³/mol. The molecule has 1 unspecified atom stereocenters. The molecule has 0 bridgehead atoms. The van der Waals surface area contributed by atoms with Crippen LogP contribution in [0.25, 0.3) is 22.3 Å². The van der Waals surface area contributed by atoms with E-state index < -0.39 is 10.0 Å². The van der Waals surface area contributed by atoms with E-state index in [4.69, 9.17) is 14.6 Å². The number of methoxy groups -OCH3 is 1. The number of ether oxygens (including phenoxy) is 2. The molecule has 0 radical (unpaired) electrons. The lowest BCUT2D eigenvalue weighted by Crippen LogP contribution is -2.15. The Morgan fingerprint density at radius 1 is 1.06 bits per heavy atom. The Labute approximate surface area is 196 Å². The molecule has 1 aliphatic heterocycles. The molecule has 0 saturated heterocycles. The summed E-state index contributed by atoms with van der Waals surface area (Å²) in [6, 6.07) is 15.4. The fraction of sp³-hybridized carbons (Fsp3) is 0.0909. The first-order valence-electron chi connectivity index (χ1n) is 9.20. The van der Waals surface area contributed by atoms with Gasteiger partial charge >= 0.3 is 0 Å². The van der Waals surface area contributed by atoms with E-state index in [1.54, 1.807) is 29.9 Å². The van der Waals surface area contributed by atoms with Gasteiger partial charge in [-0.15, -0.1) is 22.7 Å². The maximum absolute atomic E-state index is 12.1. The third-order valence-corrected chi connectivity index (χ3v) is 9.48. The summed E-state index contributed by atoms with van der Waals surface area (Å²) < 4.78 is 37.3. The van der Waals surface area contributed by atoms with E-state index in [2.05, 4.69) is 15.9 Å². The minimum Gasteiger partial charge on any atom is -0.496 e. The van der Waals surface area contributed by atoms with Crippen LogP contribution in [0.3, 0.4) is 0 Å². The molecule has 5 nitrogen and oxygen atoms in total. The zero-order valence-electron chi connectivity index (χ0n) is 16.2. The summed E-state index contributed by atoms with van der Waals surface area (Å²) in [5.41, 5.74) is 4.16. The van der Waals surface area contributed by atoms with Crippen molar-refractivity contribution >= 4 is 48.6 Å². The SMILES string of the molecule is COc1cccc2c1-c1ccc(-c3ccsc3S(N)(=O)=O)cc1C(c1sccc1Br)O2. The molecule has 5 rings (SSSR count). The van der Waals surface area contributed by atoms with Gasteiger partial charge in [0.2, 0.25) is 10.0 Å². The van der Waals surface area contributed by atoms with E-state index in [0.717, 1.165) is 54.4 Å². The number of halogens is 1. The van der Waals surface area contributed by atoms with Crippen LogP contribution in [0.1, 0.15) is 16.5 Å². The van der Waals surface area contributed by atoms with Crippen LogP contribution in [0.5, 0.6) is 11.5 Å². The Morgan fingerprint density at radius 2 is 1.87 bits per heavy atom. The van der Waals surface area contributed by atoms with Gasteiger partial charge < -0.3 is 9.47 Å². The zero-order chi connectivity index (χ0) is 21.8. The van der Waals surface area contributed by atoms with E-state index in [9.17, 15) is 8.42 Å². The van der Waals surface area contributed by atoms with Gasteiger partial charge in [-0.3, -0.25) is 0 Å². The molecule has 3 heterocycles. The van der Waals surface area contributed by atoms with Crippen molar-refractivity contribution in [1.29, 1.82) is 0 Å². The summed E-state index contributed by atoms with van der Waals surface area (Å²) in [5.74, 6) is 1.46. The fourth-order valence-corrected chi connectivity index (χ4v) is 7.29. The molecule has 0 fully saturated rings. The summed E-state index contributed by atoms with van der Waals surface area (Å²) in [6.07, 6.45) is -0.347. The van der Waals surface area contributed by atoms with Crippen LogP contribution in [0.15, 0.2) is 68.0 Å². The quantitative estimate of drug-likeness (QED) is 0.346. The number of rotatable bonds is 4. The monoisotopic (exact) mass is 533 g/mol. The molecule has 2 aromatic heterocycles. The molecular weight excluding hydrogens is 518 g/mol. The highest BCUT2D eigenvalue weighted by Crippen LogP contribution is 2.51. The highest BCUT2D eigenvalue weighted by molar-refractivity contribution is 9.10. The number of primary sulfonamides is 1. The summed E-state index contributed by atoms with van der Waals surface area (Å²) in [6.45, 7) is 0. The average molecular weight is 534 g/mol. The molecule has 0 spiro atoms. The van der Waals surface area contributed by atoms with Gasteiger partial charge in [0.05, 0.1) is 17.6 Å². The average Bonchev–Trinajstić information content (AvgIpc) is 3.41. The molecule has 9 heteroatoms. The van der Waals surface area contributed by atoms with Crippen LogP contribution in [0.2, 0.25) is 0 Å². The van der Waals surface area contributed by atoms with Crippen LogP contribution in [-0.2, 0) is 10.0 Å². The minimum absolute atomic E-state index is 0.149. The molecule has 31 heavy (non-hydrogen) atoms. The molecule has 0 saturated carbocycles. The van der Waals surface area contributed by atoms with Gasteiger partial charge in [-0.2, -0.15) is 0 Å². The molecular formula is C22H16BrNO4S3. The summed E-state index contributed by atoms with van der Waals surface area (Å²) in [4.78, 5) is 1.03. The highest BCUT2D eigenvalue weighted by Gasteiger charge is 2.32.